The Labute approximate surface area is 146 Å². The van der Waals surface area contributed by atoms with Crippen LogP contribution in [0.1, 0.15) is 24.1 Å². The molecule has 1 aliphatic rings. The van der Waals surface area contributed by atoms with Crippen LogP contribution in [0.2, 0.25) is 0 Å². The number of rotatable bonds is 5. The molecule has 7 heteroatoms. The van der Waals surface area contributed by atoms with Gasteiger partial charge in [0.1, 0.15) is 5.82 Å². The van der Waals surface area contributed by atoms with E-state index in [4.69, 9.17) is 0 Å². The largest absolute Gasteiger partial charge is 0.296 e. The van der Waals surface area contributed by atoms with Crippen LogP contribution in [0.15, 0.2) is 42.7 Å². The molecule has 132 valence electrons. The standard InChI is InChI=1S/C18H21FN4O2/c1-14(15-4-3-7-20-12-15)22-10-8-21(9-11-22)13-16-17(19)5-2-6-18(16)23(24)25/h2-7,12,14H,8-11,13H2,1H3/t14-/m0/s1. The van der Waals surface area contributed by atoms with Crippen LogP contribution in [-0.2, 0) is 6.54 Å². The van der Waals surface area contributed by atoms with E-state index in [1.807, 2.05) is 12.3 Å². The lowest BCUT2D eigenvalue weighted by Gasteiger charge is -2.38. The van der Waals surface area contributed by atoms with Crippen molar-refractivity contribution < 1.29 is 9.31 Å². The number of piperazine rings is 1. The van der Waals surface area contributed by atoms with E-state index in [-0.39, 0.29) is 23.8 Å². The predicted octanol–water partition coefficient (Wildman–Crippen LogP) is 3.01. The molecule has 25 heavy (non-hydrogen) atoms. The molecule has 0 bridgehead atoms. The van der Waals surface area contributed by atoms with E-state index in [9.17, 15) is 14.5 Å². The Morgan fingerprint density at radius 3 is 2.64 bits per heavy atom. The Kier molecular flexibility index (Phi) is 5.35. The van der Waals surface area contributed by atoms with Gasteiger partial charge >= 0.3 is 0 Å². The highest BCUT2D eigenvalue weighted by Gasteiger charge is 2.25. The first-order chi connectivity index (χ1) is 12.1. The SMILES string of the molecule is C[C@@H](c1cccnc1)N1CCN(Cc2c(F)cccc2[N+](=O)[O-])CC1. The van der Waals surface area contributed by atoms with E-state index < -0.39 is 10.7 Å². The molecular formula is C18H21FN4O2. The molecule has 1 aromatic carbocycles. The summed E-state index contributed by atoms with van der Waals surface area (Å²) >= 11 is 0. The summed E-state index contributed by atoms with van der Waals surface area (Å²) in [5, 5.41) is 11.1. The highest BCUT2D eigenvalue weighted by Crippen LogP contribution is 2.25. The van der Waals surface area contributed by atoms with E-state index >= 15 is 0 Å². The fraction of sp³-hybridized carbons (Fsp3) is 0.389. The number of nitro groups is 1. The van der Waals surface area contributed by atoms with Crippen LogP contribution < -0.4 is 0 Å². The van der Waals surface area contributed by atoms with Crippen molar-refractivity contribution >= 4 is 5.69 Å². The van der Waals surface area contributed by atoms with E-state index in [0.29, 0.717) is 0 Å². The summed E-state index contributed by atoms with van der Waals surface area (Å²) in [7, 11) is 0. The van der Waals surface area contributed by atoms with Gasteiger partial charge in [-0.25, -0.2) is 4.39 Å². The van der Waals surface area contributed by atoms with Crippen molar-refractivity contribution in [2.24, 2.45) is 0 Å². The Morgan fingerprint density at radius 2 is 2.00 bits per heavy atom. The van der Waals surface area contributed by atoms with Crippen LogP contribution in [0.25, 0.3) is 0 Å². The molecule has 0 saturated carbocycles. The summed E-state index contributed by atoms with van der Waals surface area (Å²) in [6.07, 6.45) is 3.63. The number of hydrogen-bond acceptors (Lipinski definition) is 5. The van der Waals surface area contributed by atoms with Gasteiger partial charge in [-0.1, -0.05) is 12.1 Å². The highest BCUT2D eigenvalue weighted by atomic mass is 19.1. The van der Waals surface area contributed by atoms with Crippen molar-refractivity contribution in [1.29, 1.82) is 0 Å². The molecule has 1 aliphatic heterocycles. The van der Waals surface area contributed by atoms with Gasteiger partial charge in [0.2, 0.25) is 0 Å². The van der Waals surface area contributed by atoms with E-state index in [0.717, 1.165) is 26.2 Å². The molecule has 0 radical (unpaired) electrons. The first-order valence-corrected chi connectivity index (χ1v) is 8.34. The van der Waals surface area contributed by atoms with Gasteiger partial charge in [0, 0.05) is 57.2 Å². The maximum Gasteiger partial charge on any atom is 0.276 e. The Bertz CT molecular complexity index is 733. The Morgan fingerprint density at radius 1 is 1.24 bits per heavy atom. The lowest BCUT2D eigenvalue weighted by Crippen LogP contribution is -2.46. The molecule has 1 atom stereocenters. The number of benzene rings is 1. The molecule has 1 aromatic heterocycles. The van der Waals surface area contributed by atoms with Gasteiger partial charge < -0.3 is 0 Å². The van der Waals surface area contributed by atoms with Crippen LogP contribution in [0.4, 0.5) is 10.1 Å². The van der Waals surface area contributed by atoms with Gasteiger partial charge in [0.05, 0.1) is 10.5 Å². The van der Waals surface area contributed by atoms with Crippen molar-refractivity contribution in [3.63, 3.8) is 0 Å². The van der Waals surface area contributed by atoms with Crippen LogP contribution in [-0.4, -0.2) is 45.9 Å². The number of halogens is 1. The summed E-state index contributed by atoms with van der Waals surface area (Å²) in [4.78, 5) is 19.2. The maximum absolute atomic E-state index is 14.0. The average molecular weight is 344 g/mol. The van der Waals surface area contributed by atoms with Gasteiger partial charge in [-0.05, 0) is 24.6 Å². The van der Waals surface area contributed by atoms with E-state index in [2.05, 4.69) is 27.8 Å². The first kappa shape index (κ1) is 17.4. The van der Waals surface area contributed by atoms with E-state index in [1.54, 1.807) is 6.20 Å². The van der Waals surface area contributed by atoms with Gasteiger partial charge in [-0.15, -0.1) is 0 Å². The highest BCUT2D eigenvalue weighted by molar-refractivity contribution is 5.40. The molecule has 0 unspecified atom stereocenters. The summed E-state index contributed by atoms with van der Waals surface area (Å²) in [6, 6.07) is 8.28. The van der Waals surface area contributed by atoms with Crippen LogP contribution in [0, 0.1) is 15.9 Å². The van der Waals surface area contributed by atoms with Crippen molar-refractivity contribution in [3.05, 3.63) is 69.8 Å². The third-order valence-corrected chi connectivity index (χ3v) is 4.79. The molecule has 2 heterocycles. The monoisotopic (exact) mass is 344 g/mol. The predicted molar refractivity (Wildman–Crippen MR) is 92.6 cm³/mol. The molecule has 0 N–H and O–H groups in total. The van der Waals surface area contributed by atoms with E-state index in [1.165, 1.54) is 23.8 Å². The molecule has 1 fully saturated rings. The van der Waals surface area contributed by atoms with Crippen molar-refractivity contribution in [2.45, 2.75) is 19.5 Å². The third-order valence-electron chi connectivity index (χ3n) is 4.79. The molecule has 0 aliphatic carbocycles. The molecule has 2 aromatic rings. The lowest BCUT2D eigenvalue weighted by molar-refractivity contribution is -0.386. The lowest BCUT2D eigenvalue weighted by atomic mass is 10.1. The summed E-state index contributed by atoms with van der Waals surface area (Å²) in [6.45, 7) is 5.56. The first-order valence-electron chi connectivity index (χ1n) is 8.34. The average Bonchev–Trinajstić information content (AvgIpc) is 2.64. The zero-order valence-electron chi connectivity index (χ0n) is 14.1. The quantitative estimate of drug-likeness (QED) is 0.616. The molecule has 3 rings (SSSR count). The topological polar surface area (TPSA) is 62.5 Å². The minimum absolute atomic E-state index is 0.147. The molecular weight excluding hydrogens is 323 g/mol. The fourth-order valence-electron chi connectivity index (χ4n) is 3.24. The Balaban J connectivity index is 1.63. The fourth-order valence-corrected chi connectivity index (χ4v) is 3.24. The molecule has 6 nitrogen and oxygen atoms in total. The summed E-state index contributed by atoms with van der Waals surface area (Å²) in [5.74, 6) is -0.514. The smallest absolute Gasteiger partial charge is 0.276 e. The van der Waals surface area contributed by atoms with Crippen LogP contribution in [0.5, 0.6) is 0 Å². The van der Waals surface area contributed by atoms with Crippen LogP contribution in [0.3, 0.4) is 0 Å². The summed E-state index contributed by atoms with van der Waals surface area (Å²) < 4.78 is 14.0. The van der Waals surface area contributed by atoms with Crippen molar-refractivity contribution in [1.82, 2.24) is 14.8 Å². The normalized spacial score (nSPS) is 17.4. The second-order valence-electron chi connectivity index (χ2n) is 6.27. The zero-order chi connectivity index (χ0) is 17.8. The number of hydrogen-bond donors (Lipinski definition) is 0. The minimum Gasteiger partial charge on any atom is -0.296 e. The second-order valence-corrected chi connectivity index (χ2v) is 6.27. The van der Waals surface area contributed by atoms with Crippen molar-refractivity contribution in [2.75, 3.05) is 26.2 Å². The second kappa shape index (κ2) is 7.67. The molecule has 0 amide bonds. The maximum atomic E-state index is 14.0. The Hall–Kier alpha value is -2.38. The van der Waals surface area contributed by atoms with Crippen LogP contribution >= 0.6 is 0 Å². The van der Waals surface area contributed by atoms with Gasteiger partial charge in [-0.2, -0.15) is 0 Å². The number of pyridine rings is 1. The number of nitrogens with zero attached hydrogens (tertiary/aromatic N) is 4. The van der Waals surface area contributed by atoms with Gasteiger partial charge in [0.15, 0.2) is 0 Å². The van der Waals surface area contributed by atoms with Gasteiger partial charge in [-0.3, -0.25) is 24.9 Å². The third kappa shape index (κ3) is 4.00. The number of aromatic nitrogens is 1. The summed E-state index contributed by atoms with van der Waals surface area (Å²) in [5.41, 5.74) is 1.19. The van der Waals surface area contributed by atoms with Crippen molar-refractivity contribution in [3.8, 4) is 0 Å². The zero-order valence-corrected chi connectivity index (χ0v) is 14.1. The molecule has 0 spiro atoms. The molecule has 1 saturated heterocycles. The number of nitro benzene ring substituents is 1. The minimum atomic E-state index is -0.515. The van der Waals surface area contributed by atoms with Gasteiger partial charge in [0.25, 0.3) is 5.69 Å².